The average Bonchev–Trinajstić information content (AvgIpc) is 3.19. The predicted octanol–water partition coefficient (Wildman–Crippen LogP) is 4.67. The maximum atomic E-state index is 14.7. The van der Waals surface area contributed by atoms with E-state index < -0.39 is 11.6 Å². The second kappa shape index (κ2) is 11.3. The highest BCUT2D eigenvalue weighted by Gasteiger charge is 2.32. The van der Waals surface area contributed by atoms with Gasteiger partial charge in [-0.25, -0.2) is 13.2 Å². The van der Waals surface area contributed by atoms with E-state index in [1.807, 2.05) is 18.7 Å². The third-order valence-corrected chi connectivity index (χ3v) is 8.20. The molecule has 2 aliphatic rings. The highest BCUT2D eigenvalue weighted by molar-refractivity contribution is 5.97. The molecule has 0 N–H and O–H groups in total. The molecule has 5 rings (SSSR count). The average molecular weight is 540 g/mol. The number of carbonyl (C=O) groups excluding carboxylic acids is 1. The second-order valence-electron chi connectivity index (χ2n) is 10.3. The molecule has 0 atom stereocenters. The van der Waals surface area contributed by atoms with Crippen LogP contribution in [0.15, 0.2) is 42.5 Å². The molecule has 0 spiro atoms. The van der Waals surface area contributed by atoms with Crippen LogP contribution in [0, 0.1) is 31.3 Å². The maximum Gasteiger partial charge on any atom is 0.270 e. The summed E-state index contributed by atoms with van der Waals surface area (Å²) in [4.78, 5) is 22.4. The highest BCUT2D eigenvalue weighted by atomic mass is 19.1. The summed E-state index contributed by atoms with van der Waals surface area (Å²) in [5, 5.41) is 0. The molecule has 1 aromatic heterocycles. The summed E-state index contributed by atoms with van der Waals surface area (Å²) in [6.45, 7) is 12.3. The van der Waals surface area contributed by atoms with Crippen LogP contribution < -0.4 is 9.80 Å². The van der Waals surface area contributed by atoms with Crippen LogP contribution in [0.2, 0.25) is 0 Å². The fourth-order valence-electron chi connectivity index (χ4n) is 5.96. The Balaban J connectivity index is 1.47. The lowest BCUT2D eigenvalue weighted by Gasteiger charge is -2.36. The summed E-state index contributed by atoms with van der Waals surface area (Å²) in [6.07, 6.45) is 0. The number of amides is 1. The zero-order valence-corrected chi connectivity index (χ0v) is 22.9. The largest absolute Gasteiger partial charge is 0.367 e. The van der Waals surface area contributed by atoms with Crippen LogP contribution in [-0.4, -0.2) is 79.2 Å². The Morgan fingerprint density at radius 2 is 1.36 bits per heavy atom. The standard InChI is InChI=1S/C30H36F3N5O/c1-4-34-12-14-36(15-13-34)28-21(2)29(38(22(28)3)20-23-24(31)9-7-10-25(23)32)30(39)37-18-16-35(17-19-37)27-11-6-5-8-26(27)33/h5-11H,4,12-20H2,1-3H3. The van der Waals surface area contributed by atoms with Crippen LogP contribution in [0.5, 0.6) is 0 Å². The molecule has 2 aliphatic heterocycles. The van der Waals surface area contributed by atoms with Crippen molar-refractivity contribution in [3.8, 4) is 0 Å². The van der Waals surface area contributed by atoms with Gasteiger partial charge in [0.15, 0.2) is 0 Å². The number of nitrogens with zero attached hydrogens (tertiary/aromatic N) is 5. The smallest absolute Gasteiger partial charge is 0.270 e. The minimum atomic E-state index is -0.629. The zero-order valence-electron chi connectivity index (χ0n) is 22.9. The first kappa shape index (κ1) is 27.1. The Bertz CT molecular complexity index is 1320. The first-order valence-electron chi connectivity index (χ1n) is 13.7. The molecule has 3 aromatic rings. The summed E-state index contributed by atoms with van der Waals surface area (Å²) < 4.78 is 45.6. The van der Waals surface area contributed by atoms with Crippen LogP contribution in [0.3, 0.4) is 0 Å². The first-order valence-corrected chi connectivity index (χ1v) is 13.7. The van der Waals surface area contributed by atoms with E-state index in [1.54, 1.807) is 27.7 Å². The number of benzene rings is 2. The molecule has 2 aromatic carbocycles. The topological polar surface area (TPSA) is 35.0 Å². The Kier molecular flexibility index (Phi) is 7.88. The number of rotatable bonds is 6. The van der Waals surface area contributed by atoms with Gasteiger partial charge in [-0.15, -0.1) is 0 Å². The van der Waals surface area contributed by atoms with Gasteiger partial charge in [-0.2, -0.15) is 0 Å². The van der Waals surface area contributed by atoms with E-state index in [4.69, 9.17) is 0 Å². The maximum absolute atomic E-state index is 14.7. The lowest BCUT2D eigenvalue weighted by Crippen LogP contribution is -2.49. The van der Waals surface area contributed by atoms with Gasteiger partial charge in [0.1, 0.15) is 23.1 Å². The molecule has 0 aliphatic carbocycles. The molecule has 208 valence electrons. The number of piperazine rings is 2. The third-order valence-electron chi connectivity index (χ3n) is 8.20. The van der Waals surface area contributed by atoms with Crippen LogP contribution in [0.1, 0.15) is 34.2 Å². The number of hydrogen-bond acceptors (Lipinski definition) is 4. The molecule has 2 fully saturated rings. The van der Waals surface area contributed by atoms with Gasteiger partial charge in [0, 0.05) is 69.2 Å². The number of hydrogen-bond donors (Lipinski definition) is 0. The SMILES string of the molecule is CCN1CCN(c2c(C)c(C(=O)N3CCN(c4ccccc4F)CC3)n(Cc3c(F)cccc3F)c2C)CC1. The second-order valence-corrected chi connectivity index (χ2v) is 10.3. The molecule has 0 bridgehead atoms. The molecule has 6 nitrogen and oxygen atoms in total. The quantitative estimate of drug-likeness (QED) is 0.456. The van der Waals surface area contributed by atoms with Crippen LogP contribution >= 0.6 is 0 Å². The van der Waals surface area contributed by atoms with Gasteiger partial charge in [-0.3, -0.25) is 4.79 Å². The van der Waals surface area contributed by atoms with E-state index in [9.17, 15) is 18.0 Å². The Morgan fingerprint density at radius 1 is 0.769 bits per heavy atom. The van der Waals surface area contributed by atoms with E-state index in [0.29, 0.717) is 37.6 Å². The van der Waals surface area contributed by atoms with Crippen LogP contribution in [-0.2, 0) is 6.54 Å². The van der Waals surface area contributed by atoms with Crippen molar-refractivity contribution in [3.05, 3.63) is 82.4 Å². The fraction of sp³-hybridized carbons (Fsp3) is 0.433. The van der Waals surface area contributed by atoms with Crippen LogP contribution in [0.25, 0.3) is 0 Å². The molecule has 2 saturated heterocycles. The van der Waals surface area contributed by atoms with Crippen LogP contribution in [0.4, 0.5) is 24.5 Å². The van der Waals surface area contributed by atoms with Gasteiger partial charge in [0.05, 0.1) is 17.9 Å². The van der Waals surface area contributed by atoms with E-state index in [2.05, 4.69) is 16.7 Å². The number of aromatic nitrogens is 1. The minimum absolute atomic E-state index is 0.0589. The predicted molar refractivity (Wildman–Crippen MR) is 148 cm³/mol. The van der Waals surface area contributed by atoms with Gasteiger partial charge in [-0.1, -0.05) is 25.1 Å². The molecule has 0 saturated carbocycles. The Morgan fingerprint density at radius 3 is 1.97 bits per heavy atom. The van der Waals surface area contributed by atoms with E-state index in [1.165, 1.54) is 24.3 Å². The van der Waals surface area contributed by atoms with Gasteiger partial charge in [0.2, 0.25) is 0 Å². The van der Waals surface area contributed by atoms with E-state index >= 15 is 0 Å². The van der Waals surface area contributed by atoms with Crippen molar-refractivity contribution in [2.24, 2.45) is 0 Å². The molecule has 0 radical (unpaired) electrons. The summed E-state index contributed by atoms with van der Waals surface area (Å²) in [6, 6.07) is 10.5. The molecular formula is C30H36F3N5O. The van der Waals surface area contributed by atoms with E-state index in [0.717, 1.165) is 49.7 Å². The molecule has 1 amide bonds. The summed E-state index contributed by atoms with van der Waals surface area (Å²) >= 11 is 0. The van der Waals surface area contributed by atoms with Gasteiger partial charge < -0.3 is 24.2 Å². The van der Waals surface area contributed by atoms with Crippen molar-refractivity contribution in [2.45, 2.75) is 27.3 Å². The minimum Gasteiger partial charge on any atom is -0.367 e. The number of halogens is 3. The van der Waals surface area contributed by atoms with Crippen molar-refractivity contribution in [3.63, 3.8) is 0 Å². The summed E-state index contributed by atoms with van der Waals surface area (Å²) in [5.74, 6) is -1.71. The molecule has 0 unspecified atom stereocenters. The highest BCUT2D eigenvalue weighted by Crippen LogP contribution is 2.34. The number of anilines is 2. The first-order chi connectivity index (χ1) is 18.8. The van der Waals surface area contributed by atoms with Crippen molar-refractivity contribution >= 4 is 17.3 Å². The fourth-order valence-corrected chi connectivity index (χ4v) is 5.96. The normalized spacial score (nSPS) is 16.7. The van der Waals surface area contributed by atoms with Crippen molar-refractivity contribution < 1.29 is 18.0 Å². The molecule has 9 heteroatoms. The van der Waals surface area contributed by atoms with Gasteiger partial charge >= 0.3 is 0 Å². The van der Waals surface area contributed by atoms with Crippen molar-refractivity contribution in [1.82, 2.24) is 14.4 Å². The van der Waals surface area contributed by atoms with Gasteiger partial charge in [-0.05, 0) is 44.7 Å². The number of likely N-dealkylation sites (N-methyl/N-ethyl adjacent to an activating group) is 1. The Hall–Kier alpha value is -3.46. The lowest BCUT2D eigenvalue weighted by atomic mass is 10.1. The number of carbonyl (C=O) groups is 1. The number of para-hydroxylation sites is 1. The lowest BCUT2D eigenvalue weighted by molar-refractivity contribution is 0.0735. The Labute approximate surface area is 228 Å². The van der Waals surface area contributed by atoms with Crippen molar-refractivity contribution in [1.29, 1.82) is 0 Å². The van der Waals surface area contributed by atoms with E-state index in [-0.39, 0.29) is 23.8 Å². The molecular weight excluding hydrogens is 503 g/mol. The molecule has 39 heavy (non-hydrogen) atoms. The third kappa shape index (κ3) is 5.24. The van der Waals surface area contributed by atoms with Gasteiger partial charge in [0.25, 0.3) is 5.91 Å². The zero-order chi connectivity index (χ0) is 27.7. The summed E-state index contributed by atoms with van der Waals surface area (Å²) in [7, 11) is 0. The summed E-state index contributed by atoms with van der Waals surface area (Å²) in [5.41, 5.74) is 3.56. The molecule has 3 heterocycles. The monoisotopic (exact) mass is 539 g/mol. The van der Waals surface area contributed by atoms with Crippen molar-refractivity contribution in [2.75, 3.05) is 68.7 Å².